The minimum absolute atomic E-state index is 0. The van der Waals surface area contributed by atoms with E-state index in [4.69, 9.17) is 24.9 Å². The van der Waals surface area contributed by atoms with Crippen molar-refractivity contribution in [3.05, 3.63) is 70.3 Å². The van der Waals surface area contributed by atoms with Crippen LogP contribution in [0.3, 0.4) is 0 Å². The van der Waals surface area contributed by atoms with Crippen molar-refractivity contribution in [1.29, 1.82) is 0 Å². The number of halogens is 1. The molecular weight excluding hydrogens is 466 g/mol. The Labute approximate surface area is 215 Å². The van der Waals surface area contributed by atoms with Gasteiger partial charge >= 0.3 is 0 Å². The number of aromatic nitrogens is 3. The highest BCUT2D eigenvalue weighted by molar-refractivity contribution is 6.04. The number of methoxy groups -OCH3 is 2. The van der Waals surface area contributed by atoms with Crippen LogP contribution in [0, 0.1) is 27.7 Å². The number of nitrogens with two attached hydrogens (primary N) is 1. The van der Waals surface area contributed by atoms with Crippen molar-refractivity contribution in [3.63, 3.8) is 0 Å². The lowest BCUT2D eigenvalue weighted by molar-refractivity contribution is 0.118. The van der Waals surface area contributed by atoms with Crippen molar-refractivity contribution in [2.24, 2.45) is 0 Å². The summed E-state index contributed by atoms with van der Waals surface area (Å²) in [4.78, 5) is 8.99. The first-order chi connectivity index (χ1) is 16.1. The van der Waals surface area contributed by atoms with Crippen molar-refractivity contribution in [2.75, 3.05) is 20.0 Å². The maximum atomic E-state index is 6.47. The molecule has 0 bridgehead atoms. The molecule has 3 aromatic rings. The first-order valence-electron chi connectivity index (χ1n) is 11.2. The molecule has 2 unspecified atom stereocenters. The van der Waals surface area contributed by atoms with Crippen LogP contribution in [0.1, 0.15) is 47.8 Å². The lowest BCUT2D eigenvalue weighted by atomic mass is 10.1. The molecule has 3 aromatic heterocycles. The Morgan fingerprint density at radius 1 is 0.829 bits per heavy atom. The fourth-order valence-electron chi connectivity index (χ4n) is 3.60. The molecule has 3 rings (SSSR count). The topological polar surface area (TPSA) is 130 Å². The van der Waals surface area contributed by atoms with Crippen LogP contribution in [0.2, 0.25) is 0 Å². The van der Waals surface area contributed by atoms with E-state index in [2.05, 4.69) is 73.4 Å². The molecule has 9 heteroatoms. The average molecular weight is 508 g/mol. The molecule has 3 heterocycles. The smallest absolute Gasteiger partial charge is 0.137 e. The van der Waals surface area contributed by atoms with Crippen LogP contribution in [-0.2, 0) is 22.3 Å². The molecule has 0 aliphatic carbocycles. The molecule has 0 aliphatic rings. The molecule has 6 N–H and O–H groups in total. The van der Waals surface area contributed by atoms with E-state index in [-0.39, 0.29) is 18.4 Å². The van der Waals surface area contributed by atoms with Crippen molar-refractivity contribution < 1.29 is 14.1 Å². The summed E-state index contributed by atoms with van der Waals surface area (Å²) in [5.41, 5.74) is 12.5. The van der Waals surface area contributed by atoms with Gasteiger partial charge in [0, 0.05) is 49.8 Å². The first-order valence-corrected chi connectivity index (χ1v) is 11.5. The van der Waals surface area contributed by atoms with Gasteiger partial charge in [0.2, 0.25) is 0 Å². The molecule has 0 fully saturated rings. The number of ether oxygens (including phenoxy) is 2. The summed E-state index contributed by atoms with van der Waals surface area (Å²) >= 11 is 3.64. The molecule has 0 amide bonds. The minimum atomic E-state index is 0. The van der Waals surface area contributed by atoms with Gasteiger partial charge in [-0.1, -0.05) is 0 Å². The quantitative estimate of drug-likeness (QED) is 0.399. The molecule has 0 aliphatic heterocycles. The van der Waals surface area contributed by atoms with Gasteiger partial charge in [0.25, 0.3) is 0 Å². The van der Waals surface area contributed by atoms with Crippen LogP contribution in [0.4, 0.5) is 5.82 Å². The highest BCUT2D eigenvalue weighted by atomic mass is 35.5. The van der Waals surface area contributed by atoms with Gasteiger partial charge in [0.05, 0.1) is 24.1 Å². The normalized spacial score (nSPS) is 11.8. The van der Waals surface area contributed by atoms with Crippen molar-refractivity contribution in [1.82, 2.24) is 20.7 Å². The van der Waals surface area contributed by atoms with Crippen molar-refractivity contribution >= 4 is 17.7 Å². The highest BCUT2D eigenvalue weighted by Gasteiger charge is 2.09. The second-order valence-electron chi connectivity index (χ2n) is 8.51. The van der Waals surface area contributed by atoms with E-state index >= 15 is 0 Å². The number of hydrogen-bond acceptors (Lipinski definition) is 7. The molecule has 35 heavy (non-hydrogen) atoms. The Morgan fingerprint density at radius 3 is 1.69 bits per heavy atom. The Balaban J connectivity index is 0.000000636. The first kappa shape index (κ1) is 32.5. The van der Waals surface area contributed by atoms with Gasteiger partial charge in [-0.25, -0.2) is 9.97 Å². The van der Waals surface area contributed by atoms with Gasteiger partial charge in [-0.05, 0) is 89.1 Å². The molecular formula is C26H42ClN5O3. The minimum Gasteiger partial charge on any atom is -0.384 e. The summed E-state index contributed by atoms with van der Waals surface area (Å²) in [5.74, 6) is 1.58. The Morgan fingerprint density at radius 2 is 1.26 bits per heavy atom. The summed E-state index contributed by atoms with van der Waals surface area (Å²) in [6, 6.07) is 12.4. The molecule has 8 nitrogen and oxygen atoms in total. The van der Waals surface area contributed by atoms with E-state index in [1.165, 1.54) is 17.0 Å². The second kappa shape index (κ2) is 16.2. The van der Waals surface area contributed by atoms with Crippen LogP contribution in [0.5, 0.6) is 0 Å². The van der Waals surface area contributed by atoms with Gasteiger partial charge in [-0.2, -0.15) is 0 Å². The molecule has 196 valence electrons. The lowest BCUT2D eigenvalue weighted by Gasteiger charge is -2.13. The van der Waals surface area contributed by atoms with Crippen molar-refractivity contribution in [3.8, 4) is 5.82 Å². The third-order valence-corrected chi connectivity index (χ3v) is 5.35. The summed E-state index contributed by atoms with van der Waals surface area (Å²) < 4.78 is 19.1. The average Bonchev–Trinajstić information content (AvgIpc) is 3.12. The SMILES string of the molecule is COC(C)Cc1cc(C)cc(-n2c(C)ccc2C)n1.COC(C)Cc1cc(C)cc(N)n1.N.OCl. The maximum absolute atomic E-state index is 6.47. The number of nitrogens with zero attached hydrogens (tertiary/aromatic N) is 3. The van der Waals surface area contributed by atoms with Crippen LogP contribution in [0.15, 0.2) is 36.4 Å². The molecule has 2 atom stereocenters. The standard InChI is InChI=1S/C16H22N2O.C10H16N2O.ClHO.H3N/c1-11-8-15(10-14(4)19-5)17-16(9-11)18-12(2)6-7-13(18)3;1-7-4-9(6-8(2)13-3)12-10(11)5-7;1-2;/h6-9,14H,10H2,1-5H3;4-5,8H,6H2,1-3H3,(H2,11,12);2H;1H3. The second-order valence-corrected chi connectivity index (χ2v) is 8.51. The third kappa shape index (κ3) is 10.8. The van der Waals surface area contributed by atoms with Gasteiger partial charge in [0.1, 0.15) is 11.6 Å². The Bertz CT molecular complexity index is 986. The number of nitrogen functional groups attached to an aromatic ring is 1. The molecule has 0 saturated heterocycles. The predicted molar refractivity (Wildman–Crippen MR) is 145 cm³/mol. The zero-order chi connectivity index (χ0) is 25.8. The summed E-state index contributed by atoms with van der Waals surface area (Å²) in [5, 5.41) is 0. The van der Waals surface area contributed by atoms with Crippen LogP contribution < -0.4 is 11.9 Å². The van der Waals surface area contributed by atoms with E-state index < -0.39 is 0 Å². The summed E-state index contributed by atoms with van der Waals surface area (Å²) in [6.07, 6.45) is 2.02. The van der Waals surface area contributed by atoms with Crippen molar-refractivity contribution in [2.45, 2.75) is 66.6 Å². The third-order valence-electron chi connectivity index (χ3n) is 5.35. The van der Waals surface area contributed by atoms with E-state index in [1.807, 2.05) is 26.0 Å². The molecule has 0 saturated carbocycles. The molecule has 0 spiro atoms. The van der Waals surface area contributed by atoms with Crippen LogP contribution >= 0.6 is 11.9 Å². The van der Waals surface area contributed by atoms with E-state index in [0.29, 0.717) is 5.82 Å². The molecule has 0 aromatic carbocycles. The van der Waals surface area contributed by atoms with Crippen LogP contribution in [0.25, 0.3) is 5.82 Å². The zero-order valence-corrected chi connectivity index (χ0v) is 23.1. The number of aryl methyl sites for hydroxylation is 4. The van der Waals surface area contributed by atoms with E-state index in [0.717, 1.165) is 35.6 Å². The van der Waals surface area contributed by atoms with Gasteiger partial charge in [0.15, 0.2) is 0 Å². The fraction of sp³-hybridized carbons (Fsp3) is 0.462. The number of anilines is 1. The lowest BCUT2D eigenvalue weighted by Crippen LogP contribution is -2.12. The zero-order valence-electron chi connectivity index (χ0n) is 22.3. The number of pyridine rings is 2. The van der Waals surface area contributed by atoms with Crippen LogP contribution in [-0.4, -0.2) is 45.6 Å². The largest absolute Gasteiger partial charge is 0.384 e. The number of hydrogen-bond donors (Lipinski definition) is 3. The summed E-state index contributed by atoms with van der Waals surface area (Å²) in [6.45, 7) is 12.4. The van der Waals surface area contributed by atoms with Gasteiger partial charge < -0.3 is 25.9 Å². The number of rotatable bonds is 7. The maximum Gasteiger partial charge on any atom is 0.137 e. The Hall–Kier alpha value is -2.49. The van der Waals surface area contributed by atoms with E-state index in [1.54, 1.807) is 14.2 Å². The fourth-order valence-corrected chi connectivity index (χ4v) is 3.60. The predicted octanol–water partition coefficient (Wildman–Crippen LogP) is 5.22. The van der Waals surface area contributed by atoms with E-state index in [9.17, 15) is 0 Å². The van der Waals surface area contributed by atoms with Gasteiger partial charge in [-0.15, -0.1) is 0 Å². The van der Waals surface area contributed by atoms with Gasteiger partial charge in [-0.3, -0.25) is 4.66 Å². The summed E-state index contributed by atoms with van der Waals surface area (Å²) in [7, 11) is 3.44. The molecule has 0 radical (unpaired) electrons. The monoisotopic (exact) mass is 507 g/mol. The Kier molecular flexibility index (Phi) is 15.1. The highest BCUT2D eigenvalue weighted by Crippen LogP contribution is 2.17.